The summed E-state index contributed by atoms with van der Waals surface area (Å²) >= 11 is 0. The summed E-state index contributed by atoms with van der Waals surface area (Å²) in [7, 11) is 1.58. The summed E-state index contributed by atoms with van der Waals surface area (Å²) in [6.07, 6.45) is 4.21. The molecule has 3 heterocycles. The number of ether oxygens (including phenoxy) is 1. The fraction of sp³-hybridized carbons (Fsp3) is 0.115. The van der Waals surface area contributed by atoms with Crippen molar-refractivity contribution in [3.05, 3.63) is 111 Å². The fourth-order valence-electron chi connectivity index (χ4n) is 3.90. The van der Waals surface area contributed by atoms with Gasteiger partial charge in [0.15, 0.2) is 0 Å². The Hall–Kier alpha value is -4.19. The van der Waals surface area contributed by atoms with Gasteiger partial charge in [0, 0.05) is 25.0 Å². The number of pyridine rings is 3. The molecule has 0 aliphatic carbocycles. The van der Waals surface area contributed by atoms with Crippen molar-refractivity contribution >= 4 is 21.8 Å². The predicted molar refractivity (Wildman–Crippen MR) is 126 cm³/mol. The molecule has 6 heteroatoms. The number of fused-ring (bicyclic) bond motifs is 2. The van der Waals surface area contributed by atoms with Crippen molar-refractivity contribution in [2.75, 3.05) is 7.11 Å². The molecular weight excluding hydrogens is 402 g/mol. The Morgan fingerprint density at radius 3 is 2.34 bits per heavy atom. The maximum Gasteiger partial charge on any atom is 0.264 e. The first-order valence-corrected chi connectivity index (χ1v) is 10.4. The molecule has 5 rings (SSSR count). The van der Waals surface area contributed by atoms with Gasteiger partial charge in [0.2, 0.25) is 0 Å². The highest BCUT2D eigenvalue weighted by molar-refractivity contribution is 5.91. The van der Waals surface area contributed by atoms with Crippen LogP contribution in [0, 0.1) is 0 Å². The third-order valence-corrected chi connectivity index (χ3v) is 5.63. The van der Waals surface area contributed by atoms with Crippen molar-refractivity contribution in [1.82, 2.24) is 14.1 Å². The maximum atomic E-state index is 13.3. The summed E-state index contributed by atoms with van der Waals surface area (Å²) in [5.74, 6) is 0.660. The highest BCUT2D eigenvalue weighted by Gasteiger charge is 2.11. The van der Waals surface area contributed by atoms with Crippen molar-refractivity contribution in [2.24, 2.45) is 0 Å². The quantitative estimate of drug-likeness (QED) is 0.402. The monoisotopic (exact) mass is 423 g/mol. The maximum absolute atomic E-state index is 13.3. The van der Waals surface area contributed by atoms with E-state index in [0.29, 0.717) is 39.8 Å². The number of rotatable bonds is 5. The molecule has 0 N–H and O–H groups in total. The molecule has 0 saturated heterocycles. The van der Waals surface area contributed by atoms with Crippen LogP contribution in [0.4, 0.5) is 0 Å². The number of methoxy groups -OCH3 is 1. The molecule has 6 nitrogen and oxygen atoms in total. The van der Waals surface area contributed by atoms with Gasteiger partial charge in [-0.2, -0.15) is 0 Å². The van der Waals surface area contributed by atoms with E-state index >= 15 is 0 Å². The van der Waals surface area contributed by atoms with Gasteiger partial charge < -0.3 is 9.30 Å². The molecule has 32 heavy (non-hydrogen) atoms. The molecule has 0 radical (unpaired) electrons. The second-order valence-electron chi connectivity index (χ2n) is 7.60. The van der Waals surface area contributed by atoms with E-state index in [1.54, 1.807) is 42.3 Å². The van der Waals surface area contributed by atoms with Crippen LogP contribution in [0.15, 0.2) is 94.8 Å². The van der Waals surface area contributed by atoms with Gasteiger partial charge in [-0.25, -0.2) is 4.98 Å². The number of aryl methyl sites for hydroxylation is 2. The predicted octanol–water partition coefficient (Wildman–Crippen LogP) is 3.95. The molecule has 0 amide bonds. The Morgan fingerprint density at radius 1 is 0.812 bits per heavy atom. The summed E-state index contributed by atoms with van der Waals surface area (Å²) in [4.78, 5) is 31.0. The summed E-state index contributed by atoms with van der Waals surface area (Å²) in [5.41, 5.74) is 2.61. The van der Waals surface area contributed by atoms with Crippen LogP contribution in [0.5, 0.6) is 5.75 Å². The van der Waals surface area contributed by atoms with Gasteiger partial charge in [0.1, 0.15) is 5.75 Å². The average molecular weight is 423 g/mol. The average Bonchev–Trinajstić information content (AvgIpc) is 2.84. The number of benzene rings is 2. The first kappa shape index (κ1) is 19.8. The van der Waals surface area contributed by atoms with Crippen molar-refractivity contribution in [3.63, 3.8) is 0 Å². The fourth-order valence-corrected chi connectivity index (χ4v) is 3.90. The van der Waals surface area contributed by atoms with Crippen LogP contribution >= 0.6 is 0 Å². The second-order valence-corrected chi connectivity index (χ2v) is 7.60. The normalized spacial score (nSPS) is 11.2. The molecule has 0 aliphatic rings. The van der Waals surface area contributed by atoms with Crippen LogP contribution < -0.4 is 15.9 Å². The van der Waals surface area contributed by atoms with E-state index in [-0.39, 0.29) is 11.1 Å². The van der Waals surface area contributed by atoms with Gasteiger partial charge in [0.25, 0.3) is 11.1 Å². The van der Waals surface area contributed by atoms with Crippen LogP contribution in [0.3, 0.4) is 0 Å². The van der Waals surface area contributed by atoms with E-state index in [1.807, 2.05) is 54.6 Å². The van der Waals surface area contributed by atoms with E-state index in [1.165, 1.54) is 4.57 Å². The molecule has 0 unspecified atom stereocenters. The highest BCUT2D eigenvalue weighted by Crippen LogP contribution is 2.18. The van der Waals surface area contributed by atoms with Gasteiger partial charge in [0.05, 0.1) is 34.6 Å². The van der Waals surface area contributed by atoms with E-state index in [2.05, 4.69) is 4.98 Å². The van der Waals surface area contributed by atoms with E-state index in [9.17, 15) is 9.59 Å². The Kier molecular flexibility index (Phi) is 5.03. The van der Waals surface area contributed by atoms with Crippen LogP contribution in [0.25, 0.3) is 27.5 Å². The van der Waals surface area contributed by atoms with Crippen LogP contribution in [-0.4, -0.2) is 21.2 Å². The summed E-state index contributed by atoms with van der Waals surface area (Å²) < 4.78 is 8.48. The molecule has 3 aromatic heterocycles. The minimum Gasteiger partial charge on any atom is -0.497 e. The topological polar surface area (TPSA) is 66.1 Å². The molecule has 0 saturated carbocycles. The van der Waals surface area contributed by atoms with Gasteiger partial charge >= 0.3 is 0 Å². The number of nitrogens with zero attached hydrogens (tertiary/aromatic N) is 3. The van der Waals surface area contributed by atoms with Crippen molar-refractivity contribution in [3.8, 4) is 11.4 Å². The number of hydrogen-bond donors (Lipinski definition) is 0. The molecule has 0 aliphatic heterocycles. The third kappa shape index (κ3) is 3.56. The van der Waals surface area contributed by atoms with E-state index in [4.69, 9.17) is 4.74 Å². The van der Waals surface area contributed by atoms with Crippen molar-refractivity contribution < 1.29 is 4.74 Å². The van der Waals surface area contributed by atoms with Crippen LogP contribution in [0.1, 0.15) is 5.56 Å². The van der Waals surface area contributed by atoms with Crippen LogP contribution in [-0.2, 0) is 13.0 Å². The molecule has 5 aromatic rings. The minimum atomic E-state index is -0.232. The third-order valence-electron chi connectivity index (χ3n) is 5.63. The molecule has 158 valence electrons. The van der Waals surface area contributed by atoms with Gasteiger partial charge in [-0.05, 0) is 42.3 Å². The second kappa shape index (κ2) is 8.15. The van der Waals surface area contributed by atoms with Gasteiger partial charge in [-0.3, -0.25) is 14.2 Å². The molecule has 0 bridgehead atoms. The molecule has 0 fully saturated rings. The lowest BCUT2D eigenvalue weighted by Crippen LogP contribution is -2.22. The standard InChI is InChI=1S/C26H21N3O3/c1-32-20-9-5-8-19(16-20)29-15-12-24-22(26(29)31)17-21-23(27-24)11-14-28(25(21)30)13-10-18-6-3-2-4-7-18/h2-9,11-12,14-17H,10,13H2,1H3. The first-order chi connectivity index (χ1) is 15.6. The minimum absolute atomic E-state index is 0.149. The molecule has 0 atom stereocenters. The first-order valence-electron chi connectivity index (χ1n) is 10.4. The zero-order valence-corrected chi connectivity index (χ0v) is 17.6. The van der Waals surface area contributed by atoms with Crippen molar-refractivity contribution in [2.45, 2.75) is 13.0 Å². The lowest BCUT2D eigenvalue weighted by Gasteiger charge is -2.10. The summed E-state index contributed by atoms with van der Waals surface area (Å²) in [5, 5.41) is 0.842. The van der Waals surface area contributed by atoms with E-state index < -0.39 is 0 Å². The number of hydrogen-bond acceptors (Lipinski definition) is 4. The van der Waals surface area contributed by atoms with Gasteiger partial charge in [-0.15, -0.1) is 0 Å². The zero-order valence-electron chi connectivity index (χ0n) is 17.6. The Morgan fingerprint density at radius 2 is 1.56 bits per heavy atom. The lowest BCUT2D eigenvalue weighted by atomic mass is 10.1. The summed E-state index contributed by atoms with van der Waals surface area (Å²) in [6.45, 7) is 0.555. The Balaban J connectivity index is 1.60. The molecule has 2 aromatic carbocycles. The lowest BCUT2D eigenvalue weighted by molar-refractivity contribution is 0.414. The zero-order chi connectivity index (χ0) is 22.1. The smallest absolute Gasteiger partial charge is 0.264 e. The van der Waals surface area contributed by atoms with Crippen LogP contribution in [0.2, 0.25) is 0 Å². The summed E-state index contributed by atoms with van der Waals surface area (Å²) in [6, 6.07) is 22.6. The van der Waals surface area contributed by atoms with E-state index in [0.717, 1.165) is 12.0 Å². The molecule has 0 spiro atoms. The Labute approximate surface area is 184 Å². The highest BCUT2D eigenvalue weighted by atomic mass is 16.5. The molecular formula is C26H21N3O3. The van der Waals surface area contributed by atoms with Crippen molar-refractivity contribution in [1.29, 1.82) is 0 Å². The Bertz CT molecular complexity index is 1550. The number of aromatic nitrogens is 3. The SMILES string of the molecule is COc1cccc(-n2ccc3nc4ccn(CCc5ccccc5)c(=O)c4cc3c2=O)c1. The van der Waals surface area contributed by atoms with Gasteiger partial charge in [-0.1, -0.05) is 36.4 Å². The largest absolute Gasteiger partial charge is 0.497 e.